The minimum absolute atomic E-state index is 0. The molecule has 144 valence electrons. The number of oxazole rings is 1. The van der Waals surface area contributed by atoms with Crippen LogP contribution in [0.2, 0.25) is 0 Å². The zero-order chi connectivity index (χ0) is 18.3. The maximum absolute atomic E-state index is 5.77. The number of halogens is 1. The number of nitrogens with one attached hydrogen (secondary N) is 2. The van der Waals surface area contributed by atoms with Crippen LogP contribution in [0.4, 0.5) is 0 Å². The van der Waals surface area contributed by atoms with Gasteiger partial charge in [-0.3, -0.25) is 4.99 Å². The van der Waals surface area contributed by atoms with Crippen LogP contribution in [0.3, 0.4) is 0 Å². The van der Waals surface area contributed by atoms with E-state index in [1.165, 1.54) is 0 Å². The molecule has 0 aliphatic heterocycles. The molecule has 2 N–H and O–H groups in total. The maximum atomic E-state index is 5.77. The third-order valence-corrected chi connectivity index (χ3v) is 3.50. The van der Waals surface area contributed by atoms with Gasteiger partial charge in [0.15, 0.2) is 5.96 Å². The van der Waals surface area contributed by atoms with Crippen LogP contribution in [0.25, 0.3) is 0 Å². The smallest absolute Gasteiger partial charge is 0.218 e. The molecule has 0 saturated heterocycles. The number of nitrogens with zero attached hydrogens (tertiary/aromatic N) is 3. The normalized spacial score (nSPS) is 11.7. The summed E-state index contributed by atoms with van der Waals surface area (Å²) in [5.41, 5.74) is 0.916. The van der Waals surface area contributed by atoms with Crippen molar-refractivity contribution in [1.29, 1.82) is 0 Å². The third kappa shape index (κ3) is 6.47. The molecule has 0 amide bonds. The average molecular weight is 473 g/mol. The van der Waals surface area contributed by atoms with Crippen molar-refractivity contribution >= 4 is 29.9 Å². The van der Waals surface area contributed by atoms with Crippen LogP contribution in [-0.2, 0) is 18.5 Å². The third-order valence-electron chi connectivity index (χ3n) is 3.50. The van der Waals surface area contributed by atoms with Gasteiger partial charge >= 0.3 is 0 Å². The Morgan fingerprint density at radius 2 is 1.96 bits per heavy atom. The van der Waals surface area contributed by atoms with Gasteiger partial charge in [-0.05, 0) is 13.0 Å². The van der Waals surface area contributed by atoms with E-state index < -0.39 is 0 Å². The molecule has 7 nitrogen and oxygen atoms in total. The first-order valence-corrected chi connectivity index (χ1v) is 8.40. The molecule has 0 spiro atoms. The van der Waals surface area contributed by atoms with E-state index in [1.807, 2.05) is 19.1 Å². The molecule has 2 rings (SSSR count). The van der Waals surface area contributed by atoms with Gasteiger partial charge in [0.25, 0.3) is 0 Å². The van der Waals surface area contributed by atoms with E-state index in [9.17, 15) is 0 Å². The van der Waals surface area contributed by atoms with Gasteiger partial charge in [0, 0.05) is 30.8 Å². The van der Waals surface area contributed by atoms with Gasteiger partial charge in [-0.25, -0.2) is 9.97 Å². The number of aromatic nitrogens is 2. The monoisotopic (exact) mass is 473 g/mol. The van der Waals surface area contributed by atoms with E-state index in [0.29, 0.717) is 37.4 Å². The van der Waals surface area contributed by atoms with Gasteiger partial charge in [-0.1, -0.05) is 26.8 Å². The molecule has 0 aromatic carbocycles. The van der Waals surface area contributed by atoms with Crippen LogP contribution in [0.5, 0.6) is 5.88 Å². The molecule has 8 heteroatoms. The van der Waals surface area contributed by atoms with E-state index in [1.54, 1.807) is 19.4 Å². The fourth-order valence-corrected chi connectivity index (χ4v) is 2.12. The Hall–Kier alpha value is -1.84. The fourth-order valence-electron chi connectivity index (χ4n) is 2.12. The number of hydrogen-bond donors (Lipinski definition) is 2. The van der Waals surface area contributed by atoms with Gasteiger partial charge in [-0.15, -0.1) is 24.0 Å². The standard InChI is InChI=1S/C18H27N5O2.HI/c1-6-24-16-13(8-7-9-20-16)10-22-17(19-5)23-12-15-21-11-14(25-15)18(2,3)4;/h7-9,11H,6,10,12H2,1-5H3,(H2,19,22,23);1H. The zero-order valence-electron chi connectivity index (χ0n) is 16.0. The first kappa shape index (κ1) is 22.2. The van der Waals surface area contributed by atoms with E-state index in [2.05, 4.69) is 46.4 Å². The van der Waals surface area contributed by atoms with Gasteiger partial charge < -0.3 is 19.8 Å². The highest BCUT2D eigenvalue weighted by molar-refractivity contribution is 14.0. The summed E-state index contributed by atoms with van der Waals surface area (Å²) in [5.74, 6) is 2.78. The highest BCUT2D eigenvalue weighted by Gasteiger charge is 2.19. The summed E-state index contributed by atoms with van der Waals surface area (Å²) in [7, 11) is 1.72. The first-order chi connectivity index (χ1) is 11.9. The number of ether oxygens (including phenoxy) is 1. The largest absolute Gasteiger partial charge is 0.478 e. The predicted molar refractivity (Wildman–Crippen MR) is 113 cm³/mol. The lowest BCUT2D eigenvalue weighted by atomic mass is 9.94. The van der Waals surface area contributed by atoms with Crippen molar-refractivity contribution in [2.75, 3.05) is 13.7 Å². The molecule has 0 radical (unpaired) electrons. The van der Waals surface area contributed by atoms with Crippen molar-refractivity contribution in [3.63, 3.8) is 0 Å². The van der Waals surface area contributed by atoms with Gasteiger partial charge in [0.05, 0.1) is 19.3 Å². The second kappa shape index (κ2) is 10.3. The van der Waals surface area contributed by atoms with Gasteiger partial charge in [0.2, 0.25) is 11.8 Å². The quantitative estimate of drug-likeness (QED) is 0.381. The number of aliphatic imine (C=N–C) groups is 1. The van der Waals surface area contributed by atoms with E-state index in [4.69, 9.17) is 9.15 Å². The molecule has 2 aromatic rings. The van der Waals surface area contributed by atoms with Crippen LogP contribution < -0.4 is 15.4 Å². The van der Waals surface area contributed by atoms with Crippen LogP contribution in [-0.4, -0.2) is 29.6 Å². The summed E-state index contributed by atoms with van der Waals surface area (Å²) in [6.07, 6.45) is 3.49. The molecule has 0 aliphatic rings. The SMILES string of the molecule is CCOc1ncccc1CNC(=NC)NCc1ncc(C(C)(C)C)o1.I. The lowest BCUT2D eigenvalue weighted by Gasteiger charge is -2.14. The molecular weight excluding hydrogens is 445 g/mol. The molecule has 0 bridgehead atoms. The van der Waals surface area contributed by atoms with E-state index in [0.717, 1.165) is 11.3 Å². The molecule has 0 fully saturated rings. The Balaban J connectivity index is 0.00000338. The second-order valence-electron chi connectivity index (χ2n) is 6.55. The van der Waals surface area contributed by atoms with Gasteiger partial charge in [0.1, 0.15) is 5.76 Å². The summed E-state index contributed by atoms with van der Waals surface area (Å²) in [5, 5.41) is 6.43. The van der Waals surface area contributed by atoms with Crippen LogP contribution in [0.15, 0.2) is 33.9 Å². The van der Waals surface area contributed by atoms with Crippen molar-refractivity contribution in [3.05, 3.63) is 41.7 Å². The molecule has 2 aromatic heterocycles. The molecular formula is C18H28IN5O2. The highest BCUT2D eigenvalue weighted by atomic mass is 127. The average Bonchev–Trinajstić information content (AvgIpc) is 3.06. The Kier molecular flexibility index (Phi) is 8.83. The van der Waals surface area contributed by atoms with Crippen LogP contribution in [0.1, 0.15) is 44.9 Å². The molecule has 0 saturated carbocycles. The summed E-state index contributed by atoms with van der Waals surface area (Å²) >= 11 is 0. The number of rotatable bonds is 6. The second-order valence-corrected chi connectivity index (χ2v) is 6.55. The molecule has 0 unspecified atom stereocenters. The van der Waals surface area contributed by atoms with Crippen LogP contribution in [0, 0.1) is 0 Å². The molecule has 26 heavy (non-hydrogen) atoms. The Morgan fingerprint density at radius 3 is 2.58 bits per heavy atom. The minimum atomic E-state index is -0.0544. The van der Waals surface area contributed by atoms with E-state index >= 15 is 0 Å². The summed E-state index contributed by atoms with van der Waals surface area (Å²) in [4.78, 5) is 12.8. The maximum Gasteiger partial charge on any atom is 0.218 e. The minimum Gasteiger partial charge on any atom is -0.478 e. The lowest BCUT2D eigenvalue weighted by Crippen LogP contribution is -2.36. The molecule has 0 aliphatic carbocycles. The predicted octanol–water partition coefficient (Wildman–Crippen LogP) is 3.25. The number of hydrogen-bond acceptors (Lipinski definition) is 5. The van der Waals surface area contributed by atoms with Crippen LogP contribution >= 0.6 is 24.0 Å². The Labute approximate surface area is 172 Å². The van der Waals surface area contributed by atoms with Crippen molar-refractivity contribution in [1.82, 2.24) is 20.6 Å². The Bertz CT molecular complexity index is 710. The van der Waals surface area contributed by atoms with Crippen molar-refractivity contribution < 1.29 is 9.15 Å². The molecule has 2 heterocycles. The van der Waals surface area contributed by atoms with Crippen molar-refractivity contribution in [2.24, 2.45) is 4.99 Å². The Morgan fingerprint density at radius 1 is 1.23 bits per heavy atom. The topological polar surface area (TPSA) is 84.6 Å². The summed E-state index contributed by atoms with van der Waals surface area (Å²) < 4.78 is 11.3. The molecule has 0 atom stereocenters. The van der Waals surface area contributed by atoms with Crippen molar-refractivity contribution in [2.45, 2.75) is 46.2 Å². The number of pyridine rings is 1. The first-order valence-electron chi connectivity index (χ1n) is 8.40. The number of guanidine groups is 1. The fraction of sp³-hybridized carbons (Fsp3) is 0.500. The van der Waals surface area contributed by atoms with E-state index in [-0.39, 0.29) is 29.4 Å². The lowest BCUT2D eigenvalue weighted by molar-refractivity contribution is 0.322. The van der Waals surface area contributed by atoms with Crippen molar-refractivity contribution in [3.8, 4) is 5.88 Å². The van der Waals surface area contributed by atoms with Gasteiger partial charge in [-0.2, -0.15) is 0 Å². The zero-order valence-corrected chi connectivity index (χ0v) is 18.3. The highest BCUT2D eigenvalue weighted by Crippen LogP contribution is 2.22. The summed E-state index contributed by atoms with van der Waals surface area (Å²) in [6.45, 7) is 9.81. The summed E-state index contributed by atoms with van der Waals surface area (Å²) in [6, 6.07) is 3.86.